The van der Waals surface area contributed by atoms with Gasteiger partial charge in [-0.25, -0.2) is 4.98 Å². The van der Waals surface area contributed by atoms with Gasteiger partial charge in [0.15, 0.2) is 0 Å². The summed E-state index contributed by atoms with van der Waals surface area (Å²) in [7, 11) is 1.67. The van der Waals surface area contributed by atoms with Crippen LogP contribution in [0.5, 0.6) is 5.88 Å². The molecule has 0 spiro atoms. The predicted molar refractivity (Wildman–Crippen MR) is 67.6 cm³/mol. The van der Waals surface area contributed by atoms with Gasteiger partial charge < -0.3 is 15.0 Å². The number of nitrogens with zero attached hydrogens (tertiary/aromatic N) is 3. The van der Waals surface area contributed by atoms with Crippen LogP contribution in [-0.2, 0) is 13.0 Å². The first-order valence-corrected chi connectivity index (χ1v) is 6.19. The molecule has 0 unspecified atom stereocenters. The van der Waals surface area contributed by atoms with E-state index in [0.29, 0.717) is 5.88 Å². The fraction of sp³-hybridized carbons (Fsp3) is 0.667. The highest BCUT2D eigenvalue weighted by Crippen LogP contribution is 2.24. The van der Waals surface area contributed by atoms with Gasteiger partial charge in [-0.1, -0.05) is 0 Å². The molecule has 1 N–H and O–H groups in total. The number of hydrogen-bond donors (Lipinski definition) is 1. The van der Waals surface area contributed by atoms with Gasteiger partial charge in [-0.2, -0.15) is 4.98 Å². The molecule has 0 atom stereocenters. The molecule has 94 valence electrons. The van der Waals surface area contributed by atoms with Gasteiger partial charge in [-0.15, -0.1) is 0 Å². The average molecular weight is 236 g/mol. The van der Waals surface area contributed by atoms with Crippen LogP contribution in [0.3, 0.4) is 0 Å². The lowest BCUT2D eigenvalue weighted by molar-refractivity contribution is 0.385. The van der Waals surface area contributed by atoms with E-state index in [0.717, 1.165) is 49.8 Å². The van der Waals surface area contributed by atoms with Gasteiger partial charge in [-0.05, 0) is 13.8 Å². The van der Waals surface area contributed by atoms with Crippen LogP contribution in [0.4, 0.5) is 5.95 Å². The summed E-state index contributed by atoms with van der Waals surface area (Å²) in [5.41, 5.74) is 2.23. The van der Waals surface area contributed by atoms with E-state index >= 15 is 0 Å². The minimum Gasteiger partial charge on any atom is -0.481 e. The van der Waals surface area contributed by atoms with Crippen molar-refractivity contribution in [3.63, 3.8) is 0 Å². The van der Waals surface area contributed by atoms with Crippen molar-refractivity contribution in [2.75, 3.05) is 31.6 Å². The summed E-state index contributed by atoms with van der Waals surface area (Å²) in [4.78, 5) is 11.3. The first-order chi connectivity index (χ1) is 8.30. The van der Waals surface area contributed by atoms with Crippen molar-refractivity contribution >= 4 is 5.95 Å². The second-order valence-electron chi connectivity index (χ2n) is 4.06. The maximum Gasteiger partial charge on any atom is 0.228 e. The molecule has 0 radical (unpaired) electrons. The maximum atomic E-state index is 5.37. The molecule has 0 saturated carbocycles. The largest absolute Gasteiger partial charge is 0.481 e. The van der Waals surface area contributed by atoms with E-state index in [1.807, 2.05) is 0 Å². The Kier molecular flexibility index (Phi) is 3.78. The number of nitrogens with one attached hydrogen (secondary N) is 1. The average Bonchev–Trinajstić information content (AvgIpc) is 2.39. The molecule has 0 aliphatic carbocycles. The van der Waals surface area contributed by atoms with Crippen LogP contribution in [0.1, 0.15) is 25.1 Å². The molecule has 2 heterocycles. The van der Waals surface area contributed by atoms with E-state index in [-0.39, 0.29) is 0 Å². The Hall–Kier alpha value is -1.36. The summed E-state index contributed by atoms with van der Waals surface area (Å²) in [6, 6.07) is 0. The third kappa shape index (κ3) is 2.34. The zero-order chi connectivity index (χ0) is 12.3. The maximum absolute atomic E-state index is 5.37. The topological polar surface area (TPSA) is 50.3 Å². The first kappa shape index (κ1) is 12.1. The number of hydrogen-bond acceptors (Lipinski definition) is 5. The molecular weight excluding hydrogens is 216 g/mol. The fourth-order valence-electron chi connectivity index (χ4n) is 2.12. The molecule has 1 aliphatic rings. The molecule has 1 aliphatic heterocycles. The monoisotopic (exact) mass is 236 g/mol. The summed E-state index contributed by atoms with van der Waals surface area (Å²) >= 11 is 0. The highest BCUT2D eigenvalue weighted by molar-refractivity contribution is 5.41. The SMILES string of the molecule is CCN(CC)c1nc2c(c(OC)n1)CNCC2. The van der Waals surface area contributed by atoms with Crippen LogP contribution in [0.2, 0.25) is 0 Å². The Balaban J connectivity index is 2.42. The second-order valence-corrected chi connectivity index (χ2v) is 4.06. The number of ether oxygens (including phenoxy) is 1. The third-order valence-corrected chi connectivity index (χ3v) is 3.12. The lowest BCUT2D eigenvalue weighted by Crippen LogP contribution is -2.29. The number of aromatic nitrogens is 2. The highest BCUT2D eigenvalue weighted by Gasteiger charge is 2.19. The minimum absolute atomic E-state index is 0.712. The van der Waals surface area contributed by atoms with Crippen molar-refractivity contribution < 1.29 is 4.74 Å². The van der Waals surface area contributed by atoms with E-state index in [1.165, 1.54) is 0 Å². The predicted octanol–water partition coefficient (Wildman–Crippen LogP) is 0.977. The van der Waals surface area contributed by atoms with Crippen LogP contribution < -0.4 is 15.0 Å². The second kappa shape index (κ2) is 5.31. The molecule has 1 aromatic rings. The van der Waals surface area contributed by atoms with Crippen molar-refractivity contribution in [2.24, 2.45) is 0 Å². The third-order valence-electron chi connectivity index (χ3n) is 3.12. The number of rotatable bonds is 4. The summed E-state index contributed by atoms with van der Waals surface area (Å²) < 4.78 is 5.37. The van der Waals surface area contributed by atoms with E-state index < -0.39 is 0 Å². The summed E-state index contributed by atoms with van der Waals surface area (Å²) in [6.07, 6.45) is 0.947. The van der Waals surface area contributed by atoms with Crippen LogP contribution in [0, 0.1) is 0 Å². The Labute approximate surface area is 102 Å². The Morgan fingerprint density at radius 2 is 2.06 bits per heavy atom. The molecule has 0 amide bonds. The van der Waals surface area contributed by atoms with Gasteiger partial charge in [-0.3, -0.25) is 0 Å². The molecule has 0 bridgehead atoms. The zero-order valence-corrected chi connectivity index (χ0v) is 10.8. The van der Waals surface area contributed by atoms with Crippen molar-refractivity contribution in [3.05, 3.63) is 11.3 Å². The summed E-state index contributed by atoms with van der Waals surface area (Å²) in [6.45, 7) is 7.83. The Bertz CT molecular complexity index is 373. The lowest BCUT2D eigenvalue weighted by Gasteiger charge is -2.23. The quantitative estimate of drug-likeness (QED) is 0.844. The highest BCUT2D eigenvalue weighted by atomic mass is 16.5. The molecule has 2 rings (SSSR count). The van der Waals surface area contributed by atoms with Gasteiger partial charge in [0.2, 0.25) is 11.8 Å². The molecule has 5 heteroatoms. The molecule has 5 nitrogen and oxygen atoms in total. The van der Waals surface area contributed by atoms with E-state index in [2.05, 4.69) is 34.0 Å². The minimum atomic E-state index is 0.712. The normalized spacial score (nSPS) is 14.3. The van der Waals surface area contributed by atoms with Crippen molar-refractivity contribution in [1.29, 1.82) is 0 Å². The van der Waals surface area contributed by atoms with Crippen molar-refractivity contribution in [2.45, 2.75) is 26.8 Å². The fourth-order valence-corrected chi connectivity index (χ4v) is 2.12. The van der Waals surface area contributed by atoms with E-state index in [9.17, 15) is 0 Å². The molecule has 0 fully saturated rings. The van der Waals surface area contributed by atoms with Gasteiger partial charge in [0.25, 0.3) is 0 Å². The van der Waals surface area contributed by atoms with E-state index in [1.54, 1.807) is 7.11 Å². The van der Waals surface area contributed by atoms with Crippen molar-refractivity contribution in [1.82, 2.24) is 15.3 Å². The van der Waals surface area contributed by atoms with Gasteiger partial charge in [0.05, 0.1) is 12.8 Å². The van der Waals surface area contributed by atoms with E-state index in [4.69, 9.17) is 4.74 Å². The molecule has 0 saturated heterocycles. The van der Waals surface area contributed by atoms with Gasteiger partial charge in [0, 0.05) is 38.2 Å². The van der Waals surface area contributed by atoms with Gasteiger partial charge in [0.1, 0.15) is 0 Å². The number of anilines is 1. The smallest absolute Gasteiger partial charge is 0.228 e. The van der Waals surface area contributed by atoms with Crippen LogP contribution in [0.25, 0.3) is 0 Å². The van der Waals surface area contributed by atoms with Gasteiger partial charge >= 0.3 is 0 Å². The zero-order valence-electron chi connectivity index (χ0n) is 10.8. The number of fused-ring (bicyclic) bond motifs is 1. The summed E-state index contributed by atoms with van der Waals surface area (Å²) in [5.74, 6) is 1.50. The summed E-state index contributed by atoms with van der Waals surface area (Å²) in [5, 5.41) is 3.32. The molecule has 0 aromatic carbocycles. The lowest BCUT2D eigenvalue weighted by atomic mass is 10.1. The standard InChI is InChI=1S/C12H20N4O/c1-4-16(5-2)12-14-10-6-7-13-8-9(10)11(15-12)17-3/h13H,4-8H2,1-3H3. The molecule has 17 heavy (non-hydrogen) atoms. The van der Waals surface area contributed by atoms with Crippen molar-refractivity contribution in [3.8, 4) is 5.88 Å². The Morgan fingerprint density at radius 3 is 2.71 bits per heavy atom. The number of methoxy groups -OCH3 is 1. The molecular formula is C12H20N4O. The Morgan fingerprint density at radius 1 is 1.29 bits per heavy atom. The van der Waals surface area contributed by atoms with Crippen LogP contribution in [-0.4, -0.2) is 36.7 Å². The molecule has 1 aromatic heterocycles. The first-order valence-electron chi connectivity index (χ1n) is 6.19. The van der Waals surface area contributed by atoms with Crippen LogP contribution >= 0.6 is 0 Å². The van der Waals surface area contributed by atoms with Crippen LogP contribution in [0.15, 0.2) is 0 Å².